The van der Waals surface area contributed by atoms with Gasteiger partial charge in [0.2, 0.25) is 0 Å². The molecule has 0 saturated heterocycles. The molecule has 0 aliphatic carbocycles. The number of pyridine rings is 1. The Balaban J connectivity index is 2.11. The van der Waals surface area contributed by atoms with Crippen LogP contribution in [-0.2, 0) is 11.2 Å². The number of hydrogen-bond donors (Lipinski definition) is 0. The minimum Gasteiger partial charge on any atom is -0.464 e. The Kier molecular flexibility index (Phi) is 3.44. The molecule has 4 nitrogen and oxygen atoms in total. The minimum atomic E-state index is -0.357. The molecule has 0 aliphatic rings. The van der Waals surface area contributed by atoms with Gasteiger partial charge in [0.1, 0.15) is 11.5 Å². The maximum Gasteiger partial charge on any atom is 0.355 e. The van der Waals surface area contributed by atoms with Crippen molar-refractivity contribution in [3.05, 3.63) is 71.3 Å². The molecule has 3 aromatic rings. The maximum absolute atomic E-state index is 11.9. The van der Waals surface area contributed by atoms with Crippen LogP contribution in [0.3, 0.4) is 0 Å². The molecule has 0 bridgehead atoms. The molecule has 0 radical (unpaired) electrons. The first-order valence-electron chi connectivity index (χ1n) is 6.79. The summed E-state index contributed by atoms with van der Waals surface area (Å²) in [7, 11) is 1.39. The normalized spacial score (nSPS) is 10.8. The standard InChI is InChI=1S/C17H16N2O2/c1-12-6-3-4-7-13(12)10-16-18-11-14-8-5-9-15(19(14)16)17(20)21-2/h3-9,11H,10H2,1-2H3. The van der Waals surface area contributed by atoms with Gasteiger partial charge >= 0.3 is 5.97 Å². The van der Waals surface area contributed by atoms with E-state index >= 15 is 0 Å². The topological polar surface area (TPSA) is 43.6 Å². The number of methoxy groups -OCH3 is 1. The summed E-state index contributed by atoms with van der Waals surface area (Å²) >= 11 is 0. The highest BCUT2D eigenvalue weighted by Gasteiger charge is 2.14. The third kappa shape index (κ3) is 2.40. The largest absolute Gasteiger partial charge is 0.464 e. The molecule has 0 aliphatic heterocycles. The Morgan fingerprint density at radius 2 is 2.00 bits per heavy atom. The molecule has 106 valence electrons. The zero-order valence-corrected chi connectivity index (χ0v) is 12.0. The van der Waals surface area contributed by atoms with Gasteiger partial charge in [0.15, 0.2) is 0 Å². The second-order valence-corrected chi connectivity index (χ2v) is 4.94. The number of rotatable bonds is 3. The van der Waals surface area contributed by atoms with Crippen molar-refractivity contribution in [2.75, 3.05) is 7.11 Å². The van der Waals surface area contributed by atoms with Gasteiger partial charge in [0.05, 0.1) is 18.8 Å². The summed E-state index contributed by atoms with van der Waals surface area (Å²) in [4.78, 5) is 16.4. The van der Waals surface area contributed by atoms with Crippen molar-refractivity contribution in [3.8, 4) is 0 Å². The summed E-state index contributed by atoms with van der Waals surface area (Å²) in [5, 5.41) is 0. The molecular weight excluding hydrogens is 264 g/mol. The van der Waals surface area contributed by atoms with Crippen LogP contribution in [0, 0.1) is 6.92 Å². The van der Waals surface area contributed by atoms with Crippen LogP contribution in [0.5, 0.6) is 0 Å². The van der Waals surface area contributed by atoms with E-state index in [0.29, 0.717) is 12.1 Å². The van der Waals surface area contributed by atoms with Crippen LogP contribution in [0.2, 0.25) is 0 Å². The Labute approximate surface area is 123 Å². The number of aromatic nitrogens is 2. The third-order valence-corrected chi connectivity index (χ3v) is 3.63. The smallest absolute Gasteiger partial charge is 0.355 e. The molecule has 2 aromatic heterocycles. The maximum atomic E-state index is 11.9. The lowest BCUT2D eigenvalue weighted by atomic mass is 10.1. The number of carbonyl (C=O) groups is 1. The van der Waals surface area contributed by atoms with E-state index in [1.165, 1.54) is 18.2 Å². The summed E-state index contributed by atoms with van der Waals surface area (Å²) < 4.78 is 6.71. The molecule has 3 rings (SSSR count). The van der Waals surface area contributed by atoms with E-state index < -0.39 is 0 Å². The SMILES string of the molecule is COC(=O)c1cccc2cnc(Cc3ccccc3C)n12. The molecule has 0 atom stereocenters. The van der Waals surface area contributed by atoms with Crippen LogP contribution in [0.4, 0.5) is 0 Å². The molecule has 0 unspecified atom stereocenters. The molecule has 0 spiro atoms. The molecular formula is C17H16N2O2. The average molecular weight is 280 g/mol. The van der Waals surface area contributed by atoms with Gasteiger partial charge in [-0.3, -0.25) is 4.40 Å². The van der Waals surface area contributed by atoms with Gasteiger partial charge in [-0.2, -0.15) is 0 Å². The Morgan fingerprint density at radius 3 is 2.76 bits per heavy atom. The first-order valence-corrected chi connectivity index (χ1v) is 6.79. The van der Waals surface area contributed by atoms with Crippen molar-refractivity contribution in [1.29, 1.82) is 0 Å². The van der Waals surface area contributed by atoms with E-state index in [2.05, 4.69) is 24.0 Å². The highest BCUT2D eigenvalue weighted by Crippen LogP contribution is 2.17. The first kappa shape index (κ1) is 13.4. The monoisotopic (exact) mass is 280 g/mol. The fraction of sp³-hybridized carbons (Fsp3) is 0.176. The van der Waals surface area contributed by atoms with E-state index in [4.69, 9.17) is 4.74 Å². The molecule has 1 aromatic carbocycles. The fourth-order valence-electron chi connectivity index (χ4n) is 2.48. The van der Waals surface area contributed by atoms with Crippen molar-refractivity contribution in [2.24, 2.45) is 0 Å². The van der Waals surface area contributed by atoms with Crippen LogP contribution in [0.15, 0.2) is 48.7 Å². The molecule has 4 heteroatoms. The van der Waals surface area contributed by atoms with Crippen LogP contribution in [0.25, 0.3) is 5.52 Å². The third-order valence-electron chi connectivity index (χ3n) is 3.63. The number of benzene rings is 1. The molecule has 0 saturated carbocycles. The van der Waals surface area contributed by atoms with Crippen molar-refractivity contribution in [3.63, 3.8) is 0 Å². The Hall–Kier alpha value is -2.62. The number of aryl methyl sites for hydroxylation is 1. The van der Waals surface area contributed by atoms with Gasteiger partial charge < -0.3 is 4.74 Å². The molecule has 0 amide bonds. The number of esters is 1. The van der Waals surface area contributed by atoms with Crippen molar-refractivity contribution in [1.82, 2.24) is 9.38 Å². The number of ether oxygens (including phenoxy) is 1. The van der Waals surface area contributed by atoms with E-state index in [-0.39, 0.29) is 5.97 Å². The van der Waals surface area contributed by atoms with Gasteiger partial charge in [-0.05, 0) is 30.2 Å². The average Bonchev–Trinajstić information content (AvgIpc) is 2.92. The highest BCUT2D eigenvalue weighted by molar-refractivity contribution is 5.88. The highest BCUT2D eigenvalue weighted by atomic mass is 16.5. The van der Waals surface area contributed by atoms with E-state index in [9.17, 15) is 4.79 Å². The van der Waals surface area contributed by atoms with Crippen LogP contribution >= 0.6 is 0 Å². The van der Waals surface area contributed by atoms with E-state index in [1.807, 2.05) is 28.7 Å². The predicted molar refractivity (Wildman–Crippen MR) is 80.5 cm³/mol. The lowest BCUT2D eigenvalue weighted by Crippen LogP contribution is -2.10. The molecule has 2 heterocycles. The summed E-state index contributed by atoms with van der Waals surface area (Å²) in [5.41, 5.74) is 3.80. The molecule has 0 fully saturated rings. The van der Waals surface area contributed by atoms with Crippen molar-refractivity contribution >= 4 is 11.5 Å². The lowest BCUT2D eigenvalue weighted by molar-refractivity contribution is 0.0592. The number of nitrogens with zero attached hydrogens (tertiary/aromatic N) is 2. The minimum absolute atomic E-state index is 0.357. The van der Waals surface area contributed by atoms with Crippen molar-refractivity contribution in [2.45, 2.75) is 13.3 Å². The van der Waals surface area contributed by atoms with Gasteiger partial charge in [0, 0.05) is 6.42 Å². The summed E-state index contributed by atoms with van der Waals surface area (Å²) in [6.07, 6.45) is 2.45. The zero-order chi connectivity index (χ0) is 14.8. The van der Waals surface area contributed by atoms with Crippen LogP contribution in [-0.4, -0.2) is 22.5 Å². The number of imidazole rings is 1. The summed E-state index contributed by atoms with van der Waals surface area (Å²) in [5.74, 6) is 0.477. The number of hydrogen-bond acceptors (Lipinski definition) is 3. The fourth-order valence-corrected chi connectivity index (χ4v) is 2.48. The van der Waals surface area contributed by atoms with Crippen LogP contribution in [0.1, 0.15) is 27.4 Å². The summed E-state index contributed by atoms with van der Waals surface area (Å²) in [6.45, 7) is 2.08. The molecule has 0 N–H and O–H groups in total. The number of carbonyl (C=O) groups excluding carboxylic acids is 1. The van der Waals surface area contributed by atoms with E-state index in [1.54, 1.807) is 12.3 Å². The number of fused-ring (bicyclic) bond motifs is 1. The lowest BCUT2D eigenvalue weighted by Gasteiger charge is -2.08. The van der Waals surface area contributed by atoms with Gasteiger partial charge in [-0.1, -0.05) is 30.3 Å². The second kappa shape index (κ2) is 5.40. The zero-order valence-electron chi connectivity index (χ0n) is 12.0. The van der Waals surface area contributed by atoms with Crippen LogP contribution < -0.4 is 0 Å². The van der Waals surface area contributed by atoms with Gasteiger partial charge in [-0.25, -0.2) is 9.78 Å². The Bertz CT molecular complexity index is 805. The Morgan fingerprint density at radius 1 is 1.19 bits per heavy atom. The quantitative estimate of drug-likeness (QED) is 0.693. The van der Waals surface area contributed by atoms with Crippen molar-refractivity contribution < 1.29 is 9.53 Å². The van der Waals surface area contributed by atoms with Gasteiger partial charge in [-0.15, -0.1) is 0 Å². The first-order chi connectivity index (χ1) is 10.2. The van der Waals surface area contributed by atoms with Gasteiger partial charge in [0.25, 0.3) is 0 Å². The molecule has 21 heavy (non-hydrogen) atoms. The predicted octanol–water partition coefficient (Wildman–Crippen LogP) is 3.02. The summed E-state index contributed by atoms with van der Waals surface area (Å²) in [6, 6.07) is 13.7. The van der Waals surface area contributed by atoms with E-state index in [0.717, 1.165) is 11.3 Å². The second-order valence-electron chi connectivity index (χ2n) is 4.94.